The maximum Gasteiger partial charge on any atom is 0.407 e. The van der Waals surface area contributed by atoms with Gasteiger partial charge in [-0.1, -0.05) is 35.9 Å². The minimum Gasteiger partial charge on any atom is -0.465 e. The molecule has 1 N–H and O–H groups in total. The summed E-state index contributed by atoms with van der Waals surface area (Å²) in [6.45, 7) is 3.43. The molecule has 72 valence electrons. The summed E-state index contributed by atoms with van der Waals surface area (Å²) in [5.41, 5.74) is 0. The fourth-order valence-electron chi connectivity index (χ4n) is 0.903. The van der Waals surface area contributed by atoms with Crippen LogP contribution >= 0.6 is 22.6 Å². The molecule has 0 aromatic rings. The zero-order valence-electron chi connectivity index (χ0n) is 7.42. The molecule has 0 aliphatic heterocycles. The molecule has 0 saturated carbocycles. The first-order valence-corrected chi connectivity index (χ1v) is 5.78. The quantitative estimate of drug-likeness (QED) is 0.602. The third-order valence-corrected chi connectivity index (χ3v) is 2.38. The predicted molar refractivity (Wildman–Crippen MR) is 58.0 cm³/mol. The summed E-state index contributed by atoms with van der Waals surface area (Å²) in [4.78, 5) is 12.1. The second kappa shape index (κ2) is 7.64. The molecule has 0 unspecified atom stereocenters. The van der Waals surface area contributed by atoms with Crippen LogP contribution in [0.3, 0.4) is 0 Å². The van der Waals surface area contributed by atoms with E-state index in [0.29, 0.717) is 13.1 Å². The standard InChI is InChI=1S/C8H16INO2/c1-2-3-6-10(8(11)12)7-4-5-9/h2-7H2,1H3,(H,11,12). The lowest BCUT2D eigenvalue weighted by atomic mass is 10.3. The van der Waals surface area contributed by atoms with Crippen LogP contribution in [0.25, 0.3) is 0 Å². The number of halogens is 1. The number of carboxylic acid groups (broad SMARTS) is 1. The van der Waals surface area contributed by atoms with Crippen LogP contribution in [0.1, 0.15) is 26.2 Å². The summed E-state index contributed by atoms with van der Waals surface area (Å²) in [5.74, 6) is 0. The Morgan fingerprint density at radius 2 is 2.00 bits per heavy atom. The van der Waals surface area contributed by atoms with Crippen LogP contribution in [-0.2, 0) is 0 Å². The van der Waals surface area contributed by atoms with Crippen molar-refractivity contribution < 1.29 is 9.90 Å². The van der Waals surface area contributed by atoms with Crippen LogP contribution < -0.4 is 0 Å². The summed E-state index contributed by atoms with van der Waals surface area (Å²) < 4.78 is 1.02. The van der Waals surface area contributed by atoms with Crippen molar-refractivity contribution in [3.63, 3.8) is 0 Å². The first-order chi connectivity index (χ1) is 5.72. The molecule has 0 heterocycles. The SMILES string of the molecule is CCCCN(CCCI)C(=O)O. The summed E-state index contributed by atoms with van der Waals surface area (Å²) in [5, 5.41) is 8.75. The Morgan fingerprint density at radius 1 is 1.42 bits per heavy atom. The van der Waals surface area contributed by atoms with E-state index in [1.807, 2.05) is 0 Å². The van der Waals surface area contributed by atoms with Gasteiger partial charge in [0, 0.05) is 17.5 Å². The molecule has 0 radical (unpaired) electrons. The van der Waals surface area contributed by atoms with Crippen molar-refractivity contribution in [1.82, 2.24) is 4.90 Å². The van der Waals surface area contributed by atoms with Gasteiger partial charge >= 0.3 is 6.09 Å². The fraction of sp³-hybridized carbons (Fsp3) is 0.875. The Labute approximate surface area is 87.3 Å². The fourth-order valence-corrected chi connectivity index (χ4v) is 1.24. The predicted octanol–water partition coefficient (Wildman–Crippen LogP) is 2.59. The highest BCUT2D eigenvalue weighted by atomic mass is 127. The lowest BCUT2D eigenvalue weighted by Crippen LogP contribution is -2.31. The average molecular weight is 285 g/mol. The summed E-state index contributed by atoms with van der Waals surface area (Å²) in [7, 11) is 0. The molecule has 0 aliphatic carbocycles. The van der Waals surface area contributed by atoms with E-state index in [9.17, 15) is 4.79 Å². The van der Waals surface area contributed by atoms with Gasteiger partial charge in [-0.2, -0.15) is 0 Å². The van der Waals surface area contributed by atoms with Gasteiger partial charge < -0.3 is 10.0 Å². The number of unbranched alkanes of at least 4 members (excludes halogenated alkanes) is 1. The Morgan fingerprint density at radius 3 is 2.42 bits per heavy atom. The third kappa shape index (κ3) is 5.62. The molecule has 1 amide bonds. The molecule has 0 aromatic carbocycles. The first kappa shape index (κ1) is 12.0. The van der Waals surface area contributed by atoms with Crippen molar-refractivity contribution in [2.45, 2.75) is 26.2 Å². The van der Waals surface area contributed by atoms with Gasteiger partial charge in [0.1, 0.15) is 0 Å². The van der Waals surface area contributed by atoms with E-state index in [1.54, 1.807) is 0 Å². The van der Waals surface area contributed by atoms with E-state index in [2.05, 4.69) is 29.5 Å². The minimum absolute atomic E-state index is 0.679. The first-order valence-electron chi connectivity index (χ1n) is 4.26. The van der Waals surface area contributed by atoms with Crippen LogP contribution in [-0.4, -0.2) is 33.6 Å². The molecule has 3 nitrogen and oxygen atoms in total. The zero-order chi connectivity index (χ0) is 9.40. The van der Waals surface area contributed by atoms with E-state index in [0.717, 1.165) is 23.7 Å². The highest BCUT2D eigenvalue weighted by Crippen LogP contribution is 1.99. The van der Waals surface area contributed by atoms with E-state index < -0.39 is 6.09 Å². The van der Waals surface area contributed by atoms with Crippen LogP contribution in [0.4, 0.5) is 4.79 Å². The van der Waals surface area contributed by atoms with Crippen molar-refractivity contribution in [2.24, 2.45) is 0 Å². The molecule has 0 rings (SSSR count). The van der Waals surface area contributed by atoms with E-state index in [4.69, 9.17) is 5.11 Å². The number of alkyl halides is 1. The van der Waals surface area contributed by atoms with Gasteiger partial charge in [-0.3, -0.25) is 0 Å². The number of hydrogen-bond acceptors (Lipinski definition) is 1. The average Bonchev–Trinajstić information content (AvgIpc) is 2.04. The molecule has 4 heteroatoms. The second-order valence-corrected chi connectivity index (χ2v) is 3.74. The molecule has 0 aromatic heterocycles. The van der Waals surface area contributed by atoms with Crippen molar-refractivity contribution >= 4 is 28.7 Å². The molecule has 0 bridgehead atoms. The van der Waals surface area contributed by atoms with E-state index in [-0.39, 0.29) is 0 Å². The largest absolute Gasteiger partial charge is 0.465 e. The highest BCUT2D eigenvalue weighted by molar-refractivity contribution is 14.1. The molecule has 0 atom stereocenters. The van der Waals surface area contributed by atoms with E-state index in [1.165, 1.54) is 4.90 Å². The Bertz CT molecular complexity index is 122. The highest BCUT2D eigenvalue weighted by Gasteiger charge is 2.08. The number of carbonyl (C=O) groups is 1. The smallest absolute Gasteiger partial charge is 0.407 e. The van der Waals surface area contributed by atoms with Gasteiger partial charge in [0.05, 0.1) is 0 Å². The molecular weight excluding hydrogens is 269 g/mol. The van der Waals surface area contributed by atoms with Gasteiger partial charge in [0.15, 0.2) is 0 Å². The monoisotopic (exact) mass is 285 g/mol. The molecule has 0 aliphatic rings. The molecule has 0 saturated heterocycles. The summed E-state index contributed by atoms with van der Waals surface area (Å²) in [6.07, 6.45) is 2.19. The van der Waals surface area contributed by atoms with Crippen molar-refractivity contribution in [1.29, 1.82) is 0 Å². The maximum absolute atomic E-state index is 10.6. The van der Waals surface area contributed by atoms with Gasteiger partial charge in [0.25, 0.3) is 0 Å². The molecular formula is C8H16INO2. The summed E-state index contributed by atoms with van der Waals surface area (Å²) >= 11 is 2.26. The van der Waals surface area contributed by atoms with E-state index >= 15 is 0 Å². The molecule has 0 spiro atoms. The van der Waals surface area contributed by atoms with Crippen LogP contribution in [0.15, 0.2) is 0 Å². The Balaban J connectivity index is 3.62. The normalized spacial score (nSPS) is 9.83. The van der Waals surface area contributed by atoms with Crippen LogP contribution in [0, 0.1) is 0 Å². The van der Waals surface area contributed by atoms with Gasteiger partial charge in [-0.15, -0.1) is 0 Å². The second-order valence-electron chi connectivity index (χ2n) is 2.67. The van der Waals surface area contributed by atoms with Crippen LogP contribution in [0.5, 0.6) is 0 Å². The number of amides is 1. The maximum atomic E-state index is 10.6. The Kier molecular flexibility index (Phi) is 7.64. The summed E-state index contributed by atoms with van der Waals surface area (Å²) in [6, 6.07) is 0. The number of rotatable bonds is 6. The topological polar surface area (TPSA) is 40.5 Å². The van der Waals surface area contributed by atoms with Gasteiger partial charge in [-0.05, 0) is 12.8 Å². The van der Waals surface area contributed by atoms with Crippen molar-refractivity contribution in [3.8, 4) is 0 Å². The zero-order valence-corrected chi connectivity index (χ0v) is 9.58. The molecule has 12 heavy (non-hydrogen) atoms. The van der Waals surface area contributed by atoms with Gasteiger partial charge in [0.2, 0.25) is 0 Å². The van der Waals surface area contributed by atoms with Crippen molar-refractivity contribution in [3.05, 3.63) is 0 Å². The number of hydrogen-bond donors (Lipinski definition) is 1. The van der Waals surface area contributed by atoms with Crippen molar-refractivity contribution in [2.75, 3.05) is 17.5 Å². The van der Waals surface area contributed by atoms with Gasteiger partial charge in [-0.25, -0.2) is 4.79 Å². The lowest BCUT2D eigenvalue weighted by molar-refractivity contribution is 0.144. The van der Waals surface area contributed by atoms with Crippen LogP contribution in [0.2, 0.25) is 0 Å². The third-order valence-electron chi connectivity index (χ3n) is 1.61. The lowest BCUT2D eigenvalue weighted by Gasteiger charge is -2.17. The minimum atomic E-state index is -0.784. The number of nitrogens with zero attached hydrogens (tertiary/aromatic N) is 1. The molecule has 0 fully saturated rings. The Hall–Kier alpha value is 0.